The molecule has 3 aliphatic carbocycles. The molecule has 12 heteroatoms. The van der Waals surface area contributed by atoms with Crippen LogP contribution >= 0.6 is 0 Å². The zero-order chi connectivity index (χ0) is 40.5. The number of aliphatic hydroxyl groups excluding tert-OH is 4. The molecule has 3 heterocycles. The van der Waals surface area contributed by atoms with Crippen LogP contribution in [-0.2, 0) is 20.6 Å². The second-order valence-electron chi connectivity index (χ2n) is 17.4. The Balaban J connectivity index is 1.05. The quantitative estimate of drug-likeness (QED) is 0.150. The summed E-state index contributed by atoms with van der Waals surface area (Å²) in [5.74, 6) is -1.43. The number of ketones is 1. The van der Waals surface area contributed by atoms with Gasteiger partial charge in [0.1, 0.15) is 35.4 Å². The van der Waals surface area contributed by atoms with E-state index in [4.69, 9.17) is 18.9 Å². The molecule has 10 atom stereocenters. The van der Waals surface area contributed by atoms with Gasteiger partial charge in [0.25, 0.3) is 0 Å². The van der Waals surface area contributed by atoms with Crippen molar-refractivity contribution in [2.45, 2.75) is 88.5 Å². The molecule has 0 bridgehead atoms. The van der Waals surface area contributed by atoms with Crippen molar-refractivity contribution in [3.8, 4) is 11.5 Å². The van der Waals surface area contributed by atoms with Crippen LogP contribution in [0.15, 0.2) is 71.3 Å². The lowest BCUT2D eigenvalue weighted by Gasteiger charge is -2.61. The maximum atomic E-state index is 13.6. The van der Waals surface area contributed by atoms with E-state index < -0.39 is 48.5 Å². The van der Waals surface area contributed by atoms with Gasteiger partial charge in [-0.15, -0.1) is 0 Å². The number of hydrogen-bond donors (Lipinski definition) is 6. The number of aromatic carboxylic acids is 1. The highest BCUT2D eigenvalue weighted by atomic mass is 16.7. The minimum absolute atomic E-state index is 0.0466. The number of benzene rings is 3. The first-order chi connectivity index (χ1) is 28.0. The van der Waals surface area contributed by atoms with Gasteiger partial charge in [-0.2, -0.15) is 0 Å². The molecule has 12 nitrogen and oxygen atoms in total. The standard InChI is InChI=1S/C46H52O12/c1-24-16-28-17-29(43(53)54)18-34(38(28)40(50)36(24)33(49)13-10-25-6-3-2-4-7-25)57-44-41(51)42(52)46(35(20-48)58-44)19-31-30-9-5-8-27-21-55-23-45(14-15-47,39(27)30)32-12-11-26(22-56-46)37(31)32/h2-4,6-7,12,16-18,27,30-31,35,39,41-42,44,47-48,50-52H,5,8-11,13-15,19-23H2,1H3,(H,53,54)/t27-,30-,31-,35-,39+,41-,42-,44+,45+,46+/m1/s1. The number of aromatic hydroxyl groups is 1. The first-order valence-corrected chi connectivity index (χ1v) is 20.7. The van der Waals surface area contributed by atoms with Crippen molar-refractivity contribution in [2.24, 2.45) is 29.1 Å². The van der Waals surface area contributed by atoms with Gasteiger partial charge in [-0.3, -0.25) is 4.79 Å². The minimum atomic E-state index is -1.73. The number of phenolic OH excluding ortho intramolecular Hbond substituents is 1. The summed E-state index contributed by atoms with van der Waals surface area (Å²) in [5, 5.41) is 67.8. The topological polar surface area (TPSA) is 192 Å². The molecule has 2 saturated carbocycles. The van der Waals surface area contributed by atoms with E-state index in [1.165, 1.54) is 23.3 Å². The first kappa shape index (κ1) is 39.3. The molecule has 6 aliphatic rings. The number of carbonyl (C=O) groups is 2. The molecule has 3 aromatic carbocycles. The lowest BCUT2D eigenvalue weighted by atomic mass is 9.46. The number of ether oxygens (including phenoxy) is 4. The van der Waals surface area contributed by atoms with Crippen LogP contribution in [0.3, 0.4) is 0 Å². The molecule has 3 aromatic rings. The maximum absolute atomic E-state index is 13.6. The molecule has 0 aromatic heterocycles. The van der Waals surface area contributed by atoms with Crippen LogP contribution in [0.25, 0.3) is 10.8 Å². The van der Waals surface area contributed by atoms with Gasteiger partial charge in [0, 0.05) is 25.0 Å². The summed E-state index contributed by atoms with van der Waals surface area (Å²) in [5.41, 5.74) is 2.97. The fraction of sp³-hybridized carbons (Fsp3) is 0.522. The highest BCUT2D eigenvalue weighted by Crippen LogP contribution is 2.66. The summed E-state index contributed by atoms with van der Waals surface area (Å²) in [6, 6.07) is 13.7. The lowest BCUT2D eigenvalue weighted by molar-refractivity contribution is -0.326. The zero-order valence-corrected chi connectivity index (χ0v) is 32.6. The highest BCUT2D eigenvalue weighted by molar-refractivity contribution is 6.09. The van der Waals surface area contributed by atoms with Crippen molar-refractivity contribution < 1.29 is 59.2 Å². The summed E-state index contributed by atoms with van der Waals surface area (Å²) in [4.78, 5) is 26.0. The molecule has 4 fully saturated rings. The monoisotopic (exact) mass is 796 g/mol. The van der Waals surface area contributed by atoms with Crippen molar-refractivity contribution in [2.75, 3.05) is 33.0 Å². The van der Waals surface area contributed by atoms with Crippen molar-refractivity contribution in [3.05, 3.63) is 93.6 Å². The molecule has 0 unspecified atom stereocenters. The van der Waals surface area contributed by atoms with Crippen LogP contribution in [-0.4, -0.2) is 106 Å². The number of allylic oxidation sites excluding steroid dienone is 2. The van der Waals surface area contributed by atoms with E-state index in [1.54, 1.807) is 13.0 Å². The fourth-order valence-corrected chi connectivity index (χ4v) is 12.0. The van der Waals surface area contributed by atoms with Gasteiger partial charge in [0.15, 0.2) is 5.78 Å². The van der Waals surface area contributed by atoms with Crippen LogP contribution in [0.2, 0.25) is 0 Å². The van der Waals surface area contributed by atoms with Gasteiger partial charge in [0.2, 0.25) is 6.29 Å². The number of phenols is 1. The van der Waals surface area contributed by atoms with Crippen molar-refractivity contribution >= 4 is 22.5 Å². The SMILES string of the molecule is Cc1cc2cc(C(=O)O)cc(O[C@H]3O[C@H](CO)[C@@]4(C[C@H]5C6=C(CC=C6[C@]6(CCO)COC[C@H]7CCC[C@H]5[C@H]76)CO4)[C@H](O)[C@H]3O)c2c(O)c1C(=O)CCc1ccccc1. The van der Waals surface area contributed by atoms with Gasteiger partial charge in [0.05, 0.1) is 36.3 Å². The van der Waals surface area contributed by atoms with Gasteiger partial charge < -0.3 is 49.6 Å². The van der Waals surface area contributed by atoms with Crippen molar-refractivity contribution in [3.63, 3.8) is 0 Å². The first-order valence-electron chi connectivity index (χ1n) is 20.7. The Morgan fingerprint density at radius 1 is 1.05 bits per heavy atom. The van der Waals surface area contributed by atoms with Crippen molar-refractivity contribution in [1.82, 2.24) is 0 Å². The predicted octanol–water partition coefficient (Wildman–Crippen LogP) is 5.03. The van der Waals surface area contributed by atoms with E-state index in [0.29, 0.717) is 44.0 Å². The third kappa shape index (κ3) is 6.14. The number of aryl methyl sites for hydroxylation is 2. The number of carboxylic acids is 1. The molecule has 0 amide bonds. The summed E-state index contributed by atoms with van der Waals surface area (Å²) < 4.78 is 25.6. The Hall–Kier alpha value is -4.14. The van der Waals surface area contributed by atoms with E-state index in [-0.39, 0.29) is 82.7 Å². The molecule has 2 saturated heterocycles. The Morgan fingerprint density at radius 3 is 2.62 bits per heavy atom. The van der Waals surface area contributed by atoms with Gasteiger partial charge in [-0.1, -0.05) is 48.9 Å². The second-order valence-corrected chi connectivity index (χ2v) is 17.4. The largest absolute Gasteiger partial charge is 0.506 e. The Kier molecular flexibility index (Phi) is 10.3. The molecule has 0 radical (unpaired) electrons. The lowest BCUT2D eigenvalue weighted by Crippen LogP contribution is -2.69. The van der Waals surface area contributed by atoms with E-state index in [2.05, 4.69) is 6.08 Å². The Morgan fingerprint density at radius 2 is 1.86 bits per heavy atom. The van der Waals surface area contributed by atoms with Crippen LogP contribution in [0.4, 0.5) is 0 Å². The zero-order valence-electron chi connectivity index (χ0n) is 32.6. The maximum Gasteiger partial charge on any atom is 0.335 e. The predicted molar refractivity (Wildman–Crippen MR) is 211 cm³/mol. The third-order valence-corrected chi connectivity index (χ3v) is 14.4. The van der Waals surface area contributed by atoms with Gasteiger partial charge in [-0.05, 0) is 114 Å². The Labute approximate surface area is 336 Å². The summed E-state index contributed by atoms with van der Waals surface area (Å²) in [7, 11) is 0. The molecule has 58 heavy (non-hydrogen) atoms. The Bertz CT molecular complexity index is 2170. The van der Waals surface area contributed by atoms with Crippen LogP contribution < -0.4 is 4.74 Å². The number of Topliss-reactive ketones (excluding diaryl/α,β-unsaturated/α-hetero) is 1. The molecule has 6 N–H and O–H groups in total. The normalized spacial score (nSPS) is 34.0. The van der Waals surface area contributed by atoms with E-state index >= 15 is 0 Å². The number of carboxylic acid groups (broad SMARTS) is 1. The average molecular weight is 797 g/mol. The average Bonchev–Trinajstić information content (AvgIpc) is 3.58. The van der Waals surface area contributed by atoms with Crippen LogP contribution in [0, 0.1) is 36.0 Å². The summed E-state index contributed by atoms with van der Waals surface area (Å²) >= 11 is 0. The van der Waals surface area contributed by atoms with E-state index in [1.807, 2.05) is 30.3 Å². The smallest absolute Gasteiger partial charge is 0.335 e. The molecular weight excluding hydrogens is 744 g/mol. The van der Waals surface area contributed by atoms with E-state index in [9.17, 15) is 40.2 Å². The molecule has 1 spiro atoms. The van der Waals surface area contributed by atoms with Crippen molar-refractivity contribution in [1.29, 1.82) is 0 Å². The van der Waals surface area contributed by atoms with Crippen LogP contribution in [0.5, 0.6) is 11.5 Å². The highest BCUT2D eigenvalue weighted by Gasteiger charge is 2.65. The molecule has 308 valence electrons. The number of hydrogen-bond acceptors (Lipinski definition) is 11. The third-order valence-electron chi connectivity index (χ3n) is 14.4. The molecule has 9 rings (SSSR count). The molecule has 3 aliphatic heterocycles. The van der Waals surface area contributed by atoms with Gasteiger partial charge >= 0.3 is 5.97 Å². The summed E-state index contributed by atoms with van der Waals surface area (Å²) in [6.07, 6.45) is 1.27. The second kappa shape index (κ2) is 15.2. The minimum Gasteiger partial charge on any atom is -0.506 e. The number of rotatable bonds is 10. The fourth-order valence-electron chi connectivity index (χ4n) is 12.0. The van der Waals surface area contributed by atoms with E-state index in [0.717, 1.165) is 30.4 Å². The van der Waals surface area contributed by atoms with Crippen LogP contribution in [0.1, 0.15) is 76.8 Å². The summed E-state index contributed by atoms with van der Waals surface area (Å²) in [6.45, 7) is 2.50. The number of carbonyl (C=O) groups excluding carboxylic acids is 1. The molecular formula is C46H52O12. The number of fused-ring (bicyclic) bond motifs is 3. The van der Waals surface area contributed by atoms with Gasteiger partial charge in [-0.25, -0.2) is 4.79 Å². The number of aliphatic hydroxyl groups is 4.